The number of para-hydroxylation sites is 1. The molecule has 0 aliphatic heterocycles. The van der Waals surface area contributed by atoms with Gasteiger partial charge in [0.25, 0.3) is 5.91 Å². The van der Waals surface area contributed by atoms with E-state index < -0.39 is 0 Å². The van der Waals surface area contributed by atoms with Gasteiger partial charge in [-0.15, -0.1) is 0 Å². The topological polar surface area (TPSA) is 49.3 Å². The number of carbonyl (C=O) groups is 1. The molecule has 0 unspecified atom stereocenters. The number of hydrogen-bond donors (Lipinski definition) is 2. The summed E-state index contributed by atoms with van der Waals surface area (Å²) in [4.78, 5) is 12.9. The van der Waals surface area contributed by atoms with Crippen molar-refractivity contribution in [2.24, 2.45) is 0 Å². The summed E-state index contributed by atoms with van der Waals surface area (Å²) in [5.74, 6) is -0.237. The van der Waals surface area contributed by atoms with Crippen molar-refractivity contribution >= 4 is 22.4 Å². The van der Waals surface area contributed by atoms with Crippen LogP contribution in [0.15, 0.2) is 60.7 Å². The lowest BCUT2D eigenvalue weighted by Crippen LogP contribution is -2.13. The summed E-state index contributed by atoms with van der Waals surface area (Å²) in [5.41, 5.74) is 2.30. The van der Waals surface area contributed by atoms with Crippen LogP contribution in [0.1, 0.15) is 99.9 Å². The number of amides is 1. The Morgan fingerprint density at radius 1 is 0.706 bits per heavy atom. The number of phenols is 1. The molecule has 0 aliphatic rings. The second kappa shape index (κ2) is 14.5. The molecule has 34 heavy (non-hydrogen) atoms. The molecule has 0 radical (unpaired) electrons. The third-order valence-corrected chi connectivity index (χ3v) is 6.71. The van der Waals surface area contributed by atoms with Crippen LogP contribution in [0.5, 0.6) is 5.75 Å². The lowest BCUT2D eigenvalue weighted by Gasteiger charge is -2.13. The molecule has 0 bridgehead atoms. The highest BCUT2D eigenvalue weighted by molar-refractivity contribution is 6.10. The number of phenolic OH excluding ortho intramolecular Hbond substituents is 1. The summed E-state index contributed by atoms with van der Waals surface area (Å²) in [6.45, 7) is 2.27. The zero-order chi connectivity index (χ0) is 24.0. The van der Waals surface area contributed by atoms with Crippen LogP contribution in [-0.2, 0) is 6.42 Å². The number of fused-ring (bicyclic) bond motifs is 1. The van der Waals surface area contributed by atoms with Crippen molar-refractivity contribution in [1.82, 2.24) is 0 Å². The number of aryl methyl sites for hydroxylation is 1. The summed E-state index contributed by atoms with van der Waals surface area (Å²) in [7, 11) is 0. The van der Waals surface area contributed by atoms with Crippen LogP contribution < -0.4 is 5.32 Å². The van der Waals surface area contributed by atoms with Crippen molar-refractivity contribution < 1.29 is 9.90 Å². The van der Waals surface area contributed by atoms with Crippen molar-refractivity contribution in [2.75, 3.05) is 5.32 Å². The number of unbranched alkanes of at least 4 members (excludes halogenated alkanes) is 11. The molecule has 0 fully saturated rings. The zero-order valence-electron chi connectivity index (χ0n) is 20.8. The van der Waals surface area contributed by atoms with E-state index in [4.69, 9.17) is 0 Å². The molecule has 3 aromatic carbocycles. The molecular formula is C31H41NO2. The highest BCUT2D eigenvalue weighted by Gasteiger charge is 2.15. The van der Waals surface area contributed by atoms with E-state index in [-0.39, 0.29) is 11.7 Å². The predicted octanol–water partition coefficient (Wildman–Crippen LogP) is 9.04. The fourth-order valence-corrected chi connectivity index (χ4v) is 4.64. The molecule has 0 atom stereocenters. The number of aromatic hydroxyl groups is 1. The van der Waals surface area contributed by atoms with Crippen LogP contribution in [-0.4, -0.2) is 11.0 Å². The zero-order valence-corrected chi connectivity index (χ0v) is 20.8. The molecule has 3 heteroatoms. The summed E-state index contributed by atoms with van der Waals surface area (Å²) in [6.07, 6.45) is 17.0. The van der Waals surface area contributed by atoms with Gasteiger partial charge in [-0.1, -0.05) is 126 Å². The average molecular weight is 460 g/mol. The van der Waals surface area contributed by atoms with Crippen molar-refractivity contribution in [3.63, 3.8) is 0 Å². The molecule has 3 aromatic rings. The van der Waals surface area contributed by atoms with Gasteiger partial charge >= 0.3 is 0 Å². The smallest absolute Gasteiger partial charge is 0.259 e. The van der Waals surface area contributed by atoms with Crippen molar-refractivity contribution in [1.29, 1.82) is 0 Å². The Labute approximate surface area is 205 Å². The normalized spacial score (nSPS) is 11.1. The SMILES string of the molecule is CCCCCCCCCCCCCCc1ccccc1NC(=O)c1ccc2ccccc2c1O. The van der Waals surface area contributed by atoms with Gasteiger partial charge < -0.3 is 10.4 Å². The Morgan fingerprint density at radius 2 is 1.29 bits per heavy atom. The highest BCUT2D eigenvalue weighted by Crippen LogP contribution is 2.29. The first-order chi connectivity index (χ1) is 16.7. The summed E-state index contributed by atoms with van der Waals surface area (Å²) >= 11 is 0. The lowest BCUT2D eigenvalue weighted by molar-refractivity contribution is 0.102. The first-order valence-corrected chi connectivity index (χ1v) is 13.3. The van der Waals surface area contributed by atoms with Crippen LogP contribution >= 0.6 is 0 Å². The van der Waals surface area contributed by atoms with Crippen molar-refractivity contribution in [3.8, 4) is 5.75 Å². The molecule has 182 valence electrons. The summed E-state index contributed by atoms with van der Waals surface area (Å²) in [6, 6.07) is 19.1. The van der Waals surface area contributed by atoms with E-state index in [9.17, 15) is 9.90 Å². The number of benzene rings is 3. The van der Waals surface area contributed by atoms with Crippen LogP contribution in [0.3, 0.4) is 0 Å². The largest absolute Gasteiger partial charge is 0.506 e. The Hall–Kier alpha value is -2.81. The minimum atomic E-state index is -0.273. The van der Waals surface area contributed by atoms with E-state index >= 15 is 0 Å². The second-order valence-corrected chi connectivity index (χ2v) is 9.43. The molecule has 3 nitrogen and oxygen atoms in total. The molecule has 0 saturated heterocycles. The first-order valence-electron chi connectivity index (χ1n) is 13.3. The number of hydrogen-bond acceptors (Lipinski definition) is 2. The van der Waals surface area contributed by atoms with Crippen LogP contribution in [0.2, 0.25) is 0 Å². The van der Waals surface area contributed by atoms with E-state index in [1.54, 1.807) is 6.07 Å². The van der Waals surface area contributed by atoms with Crippen molar-refractivity contribution in [2.45, 2.75) is 90.4 Å². The molecule has 3 rings (SSSR count). The van der Waals surface area contributed by atoms with E-state index in [1.165, 1.54) is 70.6 Å². The van der Waals surface area contributed by atoms with Gasteiger partial charge in [0, 0.05) is 11.1 Å². The van der Waals surface area contributed by atoms with Gasteiger partial charge in [-0.3, -0.25) is 4.79 Å². The van der Waals surface area contributed by atoms with Crippen molar-refractivity contribution in [3.05, 3.63) is 71.8 Å². The average Bonchev–Trinajstić information content (AvgIpc) is 2.86. The van der Waals surface area contributed by atoms with E-state index in [0.29, 0.717) is 10.9 Å². The van der Waals surface area contributed by atoms with Gasteiger partial charge in [0.2, 0.25) is 0 Å². The maximum atomic E-state index is 12.9. The van der Waals surface area contributed by atoms with Crippen LogP contribution in [0, 0.1) is 0 Å². The van der Waals surface area contributed by atoms with Crippen LogP contribution in [0.4, 0.5) is 5.69 Å². The maximum absolute atomic E-state index is 12.9. The molecular weight excluding hydrogens is 418 g/mol. The molecule has 0 aliphatic carbocycles. The first kappa shape index (κ1) is 25.8. The Morgan fingerprint density at radius 3 is 2.00 bits per heavy atom. The maximum Gasteiger partial charge on any atom is 0.259 e. The third-order valence-electron chi connectivity index (χ3n) is 6.71. The lowest BCUT2D eigenvalue weighted by atomic mass is 10.0. The predicted molar refractivity (Wildman–Crippen MR) is 145 cm³/mol. The number of carbonyl (C=O) groups excluding carboxylic acids is 1. The number of anilines is 1. The van der Waals surface area contributed by atoms with E-state index in [0.717, 1.165) is 29.5 Å². The van der Waals surface area contributed by atoms with Gasteiger partial charge in [-0.25, -0.2) is 0 Å². The van der Waals surface area contributed by atoms with Gasteiger partial charge in [0.1, 0.15) is 5.75 Å². The van der Waals surface area contributed by atoms with Gasteiger partial charge in [0.15, 0.2) is 0 Å². The second-order valence-electron chi connectivity index (χ2n) is 9.43. The van der Waals surface area contributed by atoms with E-state index in [1.807, 2.05) is 48.5 Å². The van der Waals surface area contributed by atoms with Gasteiger partial charge in [0.05, 0.1) is 5.56 Å². The Balaban J connectivity index is 1.41. The quantitative estimate of drug-likeness (QED) is 0.223. The molecule has 0 heterocycles. The van der Waals surface area contributed by atoms with Gasteiger partial charge in [-0.2, -0.15) is 0 Å². The molecule has 2 N–H and O–H groups in total. The molecule has 0 aromatic heterocycles. The molecule has 0 spiro atoms. The third kappa shape index (κ3) is 7.90. The Bertz CT molecular complexity index is 1030. The fourth-order valence-electron chi connectivity index (χ4n) is 4.64. The molecule has 0 saturated carbocycles. The summed E-state index contributed by atoms with van der Waals surface area (Å²) in [5, 5.41) is 15.3. The monoisotopic (exact) mass is 459 g/mol. The minimum Gasteiger partial charge on any atom is -0.506 e. The molecule has 1 amide bonds. The highest BCUT2D eigenvalue weighted by atomic mass is 16.3. The van der Waals surface area contributed by atoms with Gasteiger partial charge in [-0.05, 0) is 35.9 Å². The number of nitrogens with one attached hydrogen (secondary N) is 1. The standard InChI is InChI=1S/C31H41NO2/c1-2-3-4-5-6-7-8-9-10-11-12-13-19-26-20-15-17-22-29(26)32-31(34)28-24-23-25-18-14-16-21-27(25)30(28)33/h14-18,20-24,33H,2-13,19H2,1H3,(H,32,34). The van der Waals surface area contributed by atoms with Crippen LogP contribution in [0.25, 0.3) is 10.8 Å². The summed E-state index contributed by atoms with van der Waals surface area (Å²) < 4.78 is 0. The number of rotatable bonds is 15. The van der Waals surface area contributed by atoms with E-state index in [2.05, 4.69) is 18.3 Å². The Kier molecular flexibility index (Phi) is 11.0. The minimum absolute atomic E-state index is 0.0361. The fraction of sp³-hybridized carbons (Fsp3) is 0.452.